The minimum Gasteiger partial charge on any atom is -0.462 e. The summed E-state index contributed by atoms with van der Waals surface area (Å²) >= 11 is 0. The standard InChI is InChI=1S/C20H26N2O3/c1-7-25-19(24)16-12(2)17(21-13(16)3)18(23)22-15-11-9-8-10-14(15)20(4,5)6/h8-11,21H,7H2,1-6H3,(H,22,23). The number of H-pyrrole nitrogens is 1. The smallest absolute Gasteiger partial charge is 0.340 e. The van der Waals surface area contributed by atoms with Crippen LogP contribution >= 0.6 is 0 Å². The molecule has 0 aliphatic rings. The Morgan fingerprint density at radius 2 is 1.80 bits per heavy atom. The summed E-state index contributed by atoms with van der Waals surface area (Å²) < 4.78 is 5.07. The van der Waals surface area contributed by atoms with E-state index in [1.807, 2.05) is 24.3 Å². The molecule has 0 saturated carbocycles. The van der Waals surface area contributed by atoms with Crippen LogP contribution in [0.15, 0.2) is 24.3 Å². The van der Waals surface area contributed by atoms with Gasteiger partial charge in [-0.05, 0) is 43.4 Å². The Morgan fingerprint density at radius 3 is 2.40 bits per heavy atom. The van der Waals surface area contributed by atoms with E-state index in [2.05, 4.69) is 31.1 Å². The van der Waals surface area contributed by atoms with Crippen LogP contribution in [0.2, 0.25) is 0 Å². The Kier molecular flexibility index (Phi) is 5.36. The van der Waals surface area contributed by atoms with Crippen LogP contribution < -0.4 is 5.32 Å². The van der Waals surface area contributed by atoms with Crippen molar-refractivity contribution in [2.45, 2.75) is 47.0 Å². The Hall–Kier alpha value is -2.56. The maximum Gasteiger partial charge on any atom is 0.340 e. The van der Waals surface area contributed by atoms with E-state index in [1.165, 1.54) is 0 Å². The first-order valence-corrected chi connectivity index (χ1v) is 8.44. The second-order valence-corrected chi connectivity index (χ2v) is 7.10. The van der Waals surface area contributed by atoms with E-state index in [0.29, 0.717) is 29.1 Å². The van der Waals surface area contributed by atoms with Crippen LogP contribution in [0.25, 0.3) is 0 Å². The molecule has 0 bridgehead atoms. The highest BCUT2D eigenvalue weighted by atomic mass is 16.5. The average molecular weight is 342 g/mol. The van der Waals surface area contributed by atoms with Crippen LogP contribution in [0.3, 0.4) is 0 Å². The van der Waals surface area contributed by atoms with Gasteiger partial charge in [0.05, 0.1) is 12.2 Å². The van der Waals surface area contributed by atoms with Gasteiger partial charge in [0.15, 0.2) is 0 Å². The zero-order valence-corrected chi connectivity index (χ0v) is 15.7. The quantitative estimate of drug-likeness (QED) is 0.811. The number of ether oxygens (including phenoxy) is 1. The van der Waals surface area contributed by atoms with Crippen molar-refractivity contribution in [3.05, 3.63) is 52.3 Å². The Morgan fingerprint density at radius 1 is 1.16 bits per heavy atom. The van der Waals surface area contributed by atoms with Crippen molar-refractivity contribution in [1.29, 1.82) is 0 Å². The van der Waals surface area contributed by atoms with Crippen molar-refractivity contribution in [2.24, 2.45) is 0 Å². The molecule has 0 radical (unpaired) electrons. The number of carbonyl (C=O) groups is 2. The van der Waals surface area contributed by atoms with E-state index in [4.69, 9.17) is 4.74 Å². The fourth-order valence-corrected chi connectivity index (χ4v) is 2.92. The summed E-state index contributed by atoms with van der Waals surface area (Å²) in [6.07, 6.45) is 0. The summed E-state index contributed by atoms with van der Waals surface area (Å²) in [4.78, 5) is 27.9. The third-order valence-electron chi connectivity index (χ3n) is 4.13. The Balaban J connectivity index is 2.35. The number of aryl methyl sites for hydroxylation is 1. The number of anilines is 1. The fourth-order valence-electron chi connectivity index (χ4n) is 2.92. The lowest BCUT2D eigenvalue weighted by molar-refractivity contribution is 0.0525. The first kappa shape index (κ1) is 18.8. The number of aromatic nitrogens is 1. The van der Waals surface area contributed by atoms with E-state index in [9.17, 15) is 9.59 Å². The molecular weight excluding hydrogens is 316 g/mol. The molecule has 2 rings (SSSR count). The van der Waals surface area contributed by atoms with Crippen LogP contribution in [0.5, 0.6) is 0 Å². The molecule has 1 amide bonds. The molecule has 0 fully saturated rings. The molecule has 5 nitrogen and oxygen atoms in total. The average Bonchev–Trinajstić information content (AvgIpc) is 2.82. The number of benzene rings is 1. The normalized spacial score (nSPS) is 11.3. The number of nitrogens with one attached hydrogen (secondary N) is 2. The number of hydrogen-bond donors (Lipinski definition) is 2. The molecule has 25 heavy (non-hydrogen) atoms. The maximum atomic E-state index is 12.8. The predicted octanol–water partition coefficient (Wildman–Crippen LogP) is 4.36. The maximum absolute atomic E-state index is 12.8. The third-order valence-corrected chi connectivity index (χ3v) is 4.13. The molecule has 5 heteroatoms. The van der Waals surface area contributed by atoms with Crippen LogP contribution in [-0.2, 0) is 10.2 Å². The molecule has 0 aliphatic heterocycles. The minimum absolute atomic E-state index is 0.0966. The molecule has 0 saturated heterocycles. The van der Waals surface area contributed by atoms with Gasteiger partial charge in [0.2, 0.25) is 0 Å². The summed E-state index contributed by atoms with van der Waals surface area (Å²) in [6.45, 7) is 11.9. The predicted molar refractivity (Wildman–Crippen MR) is 99.3 cm³/mol. The van der Waals surface area contributed by atoms with Crippen molar-refractivity contribution in [3.8, 4) is 0 Å². The van der Waals surface area contributed by atoms with Gasteiger partial charge in [-0.25, -0.2) is 4.79 Å². The van der Waals surface area contributed by atoms with Gasteiger partial charge < -0.3 is 15.0 Å². The van der Waals surface area contributed by atoms with Gasteiger partial charge in [0, 0.05) is 11.4 Å². The minimum atomic E-state index is -0.414. The van der Waals surface area contributed by atoms with Gasteiger partial charge >= 0.3 is 5.97 Å². The summed E-state index contributed by atoms with van der Waals surface area (Å²) in [6, 6.07) is 7.74. The van der Waals surface area contributed by atoms with Gasteiger partial charge in [-0.1, -0.05) is 39.0 Å². The number of rotatable bonds is 4. The van der Waals surface area contributed by atoms with Crippen LogP contribution in [0.4, 0.5) is 5.69 Å². The number of hydrogen-bond acceptors (Lipinski definition) is 3. The van der Waals surface area contributed by atoms with Gasteiger partial charge in [0.25, 0.3) is 5.91 Å². The largest absolute Gasteiger partial charge is 0.462 e. The monoisotopic (exact) mass is 342 g/mol. The molecular formula is C20H26N2O3. The molecule has 0 spiro atoms. The summed E-state index contributed by atoms with van der Waals surface area (Å²) in [5.41, 5.74) is 3.76. The highest BCUT2D eigenvalue weighted by Crippen LogP contribution is 2.30. The van der Waals surface area contributed by atoms with Crippen LogP contribution in [-0.4, -0.2) is 23.5 Å². The van der Waals surface area contributed by atoms with E-state index < -0.39 is 5.97 Å². The first-order valence-electron chi connectivity index (χ1n) is 8.44. The van der Waals surface area contributed by atoms with Gasteiger partial charge in [-0.15, -0.1) is 0 Å². The zero-order chi connectivity index (χ0) is 18.8. The van der Waals surface area contributed by atoms with Crippen molar-refractivity contribution in [2.75, 3.05) is 11.9 Å². The van der Waals surface area contributed by atoms with Crippen molar-refractivity contribution in [3.63, 3.8) is 0 Å². The number of para-hydroxylation sites is 1. The van der Waals surface area contributed by atoms with E-state index in [1.54, 1.807) is 20.8 Å². The lowest BCUT2D eigenvalue weighted by Gasteiger charge is -2.23. The molecule has 0 unspecified atom stereocenters. The van der Waals surface area contributed by atoms with Crippen LogP contribution in [0, 0.1) is 13.8 Å². The van der Waals surface area contributed by atoms with E-state index in [-0.39, 0.29) is 11.3 Å². The first-order chi connectivity index (χ1) is 11.7. The SMILES string of the molecule is CCOC(=O)c1c(C)[nH]c(C(=O)Nc2ccccc2C(C)(C)C)c1C. The molecule has 2 N–H and O–H groups in total. The topological polar surface area (TPSA) is 71.2 Å². The summed E-state index contributed by atoms with van der Waals surface area (Å²) in [5, 5.41) is 2.96. The van der Waals surface area contributed by atoms with Crippen molar-refractivity contribution in [1.82, 2.24) is 4.98 Å². The zero-order valence-electron chi connectivity index (χ0n) is 15.7. The van der Waals surface area contributed by atoms with Gasteiger partial charge in [-0.3, -0.25) is 4.79 Å². The molecule has 1 aromatic carbocycles. The molecule has 1 aromatic heterocycles. The number of esters is 1. The lowest BCUT2D eigenvalue weighted by Crippen LogP contribution is -2.19. The highest BCUT2D eigenvalue weighted by Gasteiger charge is 2.24. The molecule has 2 aromatic rings. The second-order valence-electron chi connectivity index (χ2n) is 7.10. The van der Waals surface area contributed by atoms with E-state index in [0.717, 1.165) is 11.3 Å². The number of aromatic amines is 1. The highest BCUT2D eigenvalue weighted by molar-refractivity contribution is 6.07. The summed E-state index contributed by atoms with van der Waals surface area (Å²) in [5.74, 6) is -0.684. The van der Waals surface area contributed by atoms with Gasteiger partial charge in [-0.2, -0.15) is 0 Å². The summed E-state index contributed by atoms with van der Waals surface area (Å²) in [7, 11) is 0. The van der Waals surface area contributed by atoms with Crippen molar-refractivity contribution < 1.29 is 14.3 Å². The lowest BCUT2D eigenvalue weighted by atomic mass is 9.86. The van der Waals surface area contributed by atoms with Crippen LogP contribution in [0.1, 0.15) is 65.4 Å². The molecule has 1 heterocycles. The second kappa shape index (κ2) is 7.13. The van der Waals surface area contributed by atoms with Gasteiger partial charge in [0.1, 0.15) is 5.69 Å². The third kappa shape index (κ3) is 3.92. The Labute approximate surface area is 148 Å². The fraction of sp³-hybridized carbons (Fsp3) is 0.400. The van der Waals surface area contributed by atoms with E-state index >= 15 is 0 Å². The number of carbonyl (C=O) groups excluding carboxylic acids is 2. The Bertz CT molecular complexity index is 798. The molecule has 0 aliphatic carbocycles. The molecule has 134 valence electrons. The van der Waals surface area contributed by atoms with Crippen molar-refractivity contribution >= 4 is 17.6 Å². The molecule has 0 atom stereocenters. The number of amides is 1.